The van der Waals surface area contributed by atoms with Crippen molar-refractivity contribution in [1.29, 1.82) is 0 Å². The first kappa shape index (κ1) is 20.5. The molecule has 1 amide bonds. The van der Waals surface area contributed by atoms with Gasteiger partial charge in [0.15, 0.2) is 5.82 Å². The number of likely N-dealkylation sites (N-methyl/N-ethyl adjacent to an activating group) is 1. The summed E-state index contributed by atoms with van der Waals surface area (Å²) in [5, 5.41) is 2.77. The Labute approximate surface area is 160 Å². The Kier molecular flexibility index (Phi) is 6.98. The van der Waals surface area contributed by atoms with Gasteiger partial charge in [-0.1, -0.05) is 12.1 Å². The van der Waals surface area contributed by atoms with Gasteiger partial charge in [-0.3, -0.25) is 0 Å². The van der Waals surface area contributed by atoms with Gasteiger partial charge in [-0.15, -0.1) is 0 Å². The average Bonchev–Trinajstić information content (AvgIpc) is 2.64. The Bertz CT molecular complexity index is 759. The van der Waals surface area contributed by atoms with Crippen LogP contribution in [0.5, 0.6) is 5.75 Å². The molecule has 1 aromatic heterocycles. The molecular formula is C20H28N4O3. The van der Waals surface area contributed by atoms with Gasteiger partial charge in [0.05, 0.1) is 12.7 Å². The lowest BCUT2D eigenvalue weighted by Gasteiger charge is -2.23. The molecule has 1 heterocycles. The van der Waals surface area contributed by atoms with E-state index in [0.717, 1.165) is 23.7 Å². The number of carbonyl (C=O) groups is 1. The third kappa shape index (κ3) is 6.13. The molecule has 0 aliphatic carbocycles. The average molecular weight is 372 g/mol. The minimum atomic E-state index is -0.509. The molecule has 0 atom stereocenters. The molecule has 0 aliphatic heterocycles. The molecule has 1 aromatic carbocycles. The minimum absolute atomic E-state index is 0.420. The molecule has 0 fully saturated rings. The lowest BCUT2D eigenvalue weighted by Crippen LogP contribution is -2.38. The Morgan fingerprint density at radius 2 is 1.96 bits per heavy atom. The van der Waals surface area contributed by atoms with Crippen LogP contribution in [0.25, 0.3) is 11.4 Å². The van der Waals surface area contributed by atoms with Crippen LogP contribution in [-0.4, -0.2) is 48.4 Å². The standard InChI is InChI=1S/C20H28N4O3/c1-6-24(14-13-22-19(25)27-20(2,3)4)17-11-12-21-18(23-17)15-9-7-8-10-16(15)26-5/h7-12H,6,13-14H2,1-5H3,(H,22,25). The number of hydrogen-bond donors (Lipinski definition) is 1. The molecular weight excluding hydrogens is 344 g/mol. The second-order valence-corrected chi connectivity index (χ2v) is 6.95. The maximum atomic E-state index is 11.8. The van der Waals surface area contributed by atoms with Gasteiger partial charge >= 0.3 is 6.09 Å². The first-order valence-corrected chi connectivity index (χ1v) is 9.02. The Balaban J connectivity index is 2.06. The van der Waals surface area contributed by atoms with Crippen molar-refractivity contribution in [2.24, 2.45) is 0 Å². The molecule has 0 bridgehead atoms. The number of carbonyl (C=O) groups excluding carboxylic acids is 1. The number of amides is 1. The SMILES string of the molecule is CCN(CCNC(=O)OC(C)(C)C)c1ccnc(-c2ccccc2OC)n1. The normalized spacial score (nSPS) is 11.0. The van der Waals surface area contributed by atoms with E-state index in [-0.39, 0.29) is 0 Å². The van der Waals surface area contributed by atoms with Crippen LogP contribution in [0.4, 0.5) is 10.6 Å². The van der Waals surface area contributed by atoms with Crippen molar-refractivity contribution in [2.45, 2.75) is 33.3 Å². The molecule has 2 rings (SSSR count). The molecule has 0 saturated heterocycles. The summed E-state index contributed by atoms with van der Waals surface area (Å²) in [6.45, 7) is 9.37. The number of alkyl carbamates (subject to hydrolysis) is 1. The van der Waals surface area contributed by atoms with Crippen LogP contribution in [0.2, 0.25) is 0 Å². The van der Waals surface area contributed by atoms with Gasteiger partial charge in [0.1, 0.15) is 17.2 Å². The summed E-state index contributed by atoms with van der Waals surface area (Å²) >= 11 is 0. The van der Waals surface area contributed by atoms with E-state index in [9.17, 15) is 4.79 Å². The van der Waals surface area contributed by atoms with Crippen LogP contribution < -0.4 is 15.0 Å². The van der Waals surface area contributed by atoms with E-state index in [1.54, 1.807) is 13.3 Å². The number of rotatable bonds is 7. The van der Waals surface area contributed by atoms with E-state index in [4.69, 9.17) is 9.47 Å². The summed E-state index contributed by atoms with van der Waals surface area (Å²) in [7, 11) is 1.63. The van der Waals surface area contributed by atoms with Gasteiger partial charge in [-0.2, -0.15) is 0 Å². The van der Waals surface area contributed by atoms with Crippen LogP contribution in [0, 0.1) is 0 Å². The highest BCUT2D eigenvalue weighted by atomic mass is 16.6. The van der Waals surface area contributed by atoms with Gasteiger partial charge in [0.2, 0.25) is 0 Å². The van der Waals surface area contributed by atoms with Crippen LogP contribution in [0.3, 0.4) is 0 Å². The third-order valence-corrected chi connectivity index (χ3v) is 3.74. The molecule has 0 saturated carbocycles. The van der Waals surface area contributed by atoms with Gasteiger partial charge in [-0.25, -0.2) is 14.8 Å². The number of anilines is 1. The van der Waals surface area contributed by atoms with E-state index >= 15 is 0 Å². The highest BCUT2D eigenvalue weighted by molar-refractivity contribution is 5.68. The number of aromatic nitrogens is 2. The molecule has 0 spiro atoms. The maximum absolute atomic E-state index is 11.8. The largest absolute Gasteiger partial charge is 0.496 e. The van der Waals surface area contributed by atoms with Crippen molar-refractivity contribution in [1.82, 2.24) is 15.3 Å². The van der Waals surface area contributed by atoms with E-state index < -0.39 is 11.7 Å². The van der Waals surface area contributed by atoms with Gasteiger partial charge in [0, 0.05) is 25.8 Å². The van der Waals surface area contributed by atoms with Crippen LogP contribution in [-0.2, 0) is 4.74 Å². The fourth-order valence-electron chi connectivity index (χ4n) is 2.53. The maximum Gasteiger partial charge on any atom is 0.407 e. The van der Waals surface area contributed by atoms with E-state index in [1.165, 1.54) is 0 Å². The Morgan fingerprint density at radius 3 is 2.63 bits per heavy atom. The van der Waals surface area contributed by atoms with Crippen molar-refractivity contribution in [3.8, 4) is 17.1 Å². The molecule has 0 unspecified atom stereocenters. The number of hydrogen-bond acceptors (Lipinski definition) is 6. The smallest absolute Gasteiger partial charge is 0.407 e. The zero-order valence-corrected chi connectivity index (χ0v) is 16.7. The number of ether oxygens (including phenoxy) is 2. The van der Waals surface area contributed by atoms with Crippen molar-refractivity contribution in [3.05, 3.63) is 36.5 Å². The zero-order chi connectivity index (χ0) is 19.9. The molecule has 146 valence electrons. The van der Waals surface area contributed by atoms with Gasteiger partial charge < -0.3 is 19.7 Å². The Morgan fingerprint density at radius 1 is 1.22 bits per heavy atom. The highest BCUT2D eigenvalue weighted by Crippen LogP contribution is 2.27. The monoisotopic (exact) mass is 372 g/mol. The molecule has 0 aliphatic rings. The lowest BCUT2D eigenvalue weighted by molar-refractivity contribution is 0.0529. The summed E-state index contributed by atoms with van der Waals surface area (Å²) < 4.78 is 10.7. The highest BCUT2D eigenvalue weighted by Gasteiger charge is 2.16. The minimum Gasteiger partial charge on any atom is -0.496 e. The summed E-state index contributed by atoms with van der Waals surface area (Å²) in [5.74, 6) is 2.12. The first-order chi connectivity index (χ1) is 12.8. The Hall–Kier alpha value is -2.83. The van der Waals surface area contributed by atoms with Crippen molar-refractivity contribution >= 4 is 11.9 Å². The fraction of sp³-hybridized carbons (Fsp3) is 0.450. The summed E-state index contributed by atoms with van der Waals surface area (Å²) in [6, 6.07) is 9.50. The van der Waals surface area contributed by atoms with E-state index in [2.05, 4.69) is 20.2 Å². The third-order valence-electron chi connectivity index (χ3n) is 3.74. The van der Waals surface area contributed by atoms with Crippen LogP contribution in [0.15, 0.2) is 36.5 Å². The van der Waals surface area contributed by atoms with Crippen molar-refractivity contribution < 1.29 is 14.3 Å². The molecule has 0 radical (unpaired) electrons. The van der Waals surface area contributed by atoms with E-state index in [1.807, 2.05) is 58.0 Å². The molecule has 27 heavy (non-hydrogen) atoms. The molecule has 7 nitrogen and oxygen atoms in total. The topological polar surface area (TPSA) is 76.6 Å². The summed E-state index contributed by atoms with van der Waals surface area (Å²) in [6.07, 6.45) is 1.31. The van der Waals surface area contributed by atoms with Gasteiger partial charge in [-0.05, 0) is 45.9 Å². The number of nitrogens with one attached hydrogen (secondary N) is 1. The lowest BCUT2D eigenvalue weighted by atomic mass is 10.2. The van der Waals surface area contributed by atoms with Crippen LogP contribution in [0.1, 0.15) is 27.7 Å². The van der Waals surface area contributed by atoms with Crippen molar-refractivity contribution in [2.75, 3.05) is 31.6 Å². The summed E-state index contributed by atoms with van der Waals surface area (Å²) in [4.78, 5) is 22.9. The molecule has 2 aromatic rings. The number of benzene rings is 1. The second kappa shape index (κ2) is 9.21. The predicted molar refractivity (Wildman–Crippen MR) is 106 cm³/mol. The summed E-state index contributed by atoms with van der Waals surface area (Å²) in [5.41, 5.74) is 0.329. The van der Waals surface area contributed by atoms with Gasteiger partial charge in [0.25, 0.3) is 0 Å². The molecule has 7 heteroatoms. The van der Waals surface area contributed by atoms with E-state index in [0.29, 0.717) is 18.9 Å². The first-order valence-electron chi connectivity index (χ1n) is 9.02. The second-order valence-electron chi connectivity index (χ2n) is 6.95. The molecule has 1 N–H and O–H groups in total. The van der Waals surface area contributed by atoms with Crippen molar-refractivity contribution in [3.63, 3.8) is 0 Å². The number of para-hydroxylation sites is 1. The number of methoxy groups -OCH3 is 1. The quantitative estimate of drug-likeness (QED) is 0.802. The fourth-order valence-corrected chi connectivity index (χ4v) is 2.53. The van der Waals surface area contributed by atoms with Crippen LogP contribution >= 0.6 is 0 Å². The zero-order valence-electron chi connectivity index (χ0n) is 16.7. The number of nitrogens with zero attached hydrogens (tertiary/aromatic N) is 3. The predicted octanol–water partition coefficient (Wildman–Crippen LogP) is 3.50.